The molecule has 2 atom stereocenters. The molecule has 6 heteroatoms. The van der Waals surface area contributed by atoms with Crippen molar-refractivity contribution in [2.75, 3.05) is 19.7 Å². The monoisotopic (exact) mass is 425 g/mol. The zero-order chi connectivity index (χ0) is 22.1. The summed E-state index contributed by atoms with van der Waals surface area (Å²) >= 11 is 0. The molecule has 1 N–H and O–H groups in total. The molecule has 0 radical (unpaired) electrons. The van der Waals surface area contributed by atoms with Crippen LogP contribution in [0.4, 0.5) is 4.79 Å². The van der Waals surface area contributed by atoms with Crippen molar-refractivity contribution in [2.45, 2.75) is 57.3 Å². The van der Waals surface area contributed by atoms with Crippen molar-refractivity contribution in [2.24, 2.45) is 0 Å². The lowest BCUT2D eigenvalue weighted by Crippen LogP contribution is -2.45. The van der Waals surface area contributed by atoms with Crippen molar-refractivity contribution in [1.29, 1.82) is 0 Å². The number of nitrogens with zero attached hydrogens (tertiary/aromatic N) is 1. The second kappa shape index (κ2) is 8.42. The SMILES string of the molecule is CC(C)(C)OC(=O)N1CC[C@]2(C[C@H](O)c3ccc(OCCc4ccccc4)cc3O2)C1. The van der Waals surface area contributed by atoms with Gasteiger partial charge in [0.2, 0.25) is 0 Å². The highest BCUT2D eigenvalue weighted by molar-refractivity contribution is 5.68. The Morgan fingerprint density at radius 1 is 1.23 bits per heavy atom. The number of carbonyl (C=O) groups is 1. The normalized spacial score (nSPS) is 22.7. The van der Waals surface area contributed by atoms with Crippen molar-refractivity contribution in [1.82, 2.24) is 4.90 Å². The van der Waals surface area contributed by atoms with Gasteiger partial charge in [0.25, 0.3) is 0 Å². The van der Waals surface area contributed by atoms with Crippen molar-refractivity contribution in [3.05, 3.63) is 59.7 Å². The lowest BCUT2D eigenvalue weighted by molar-refractivity contribution is -0.0133. The van der Waals surface area contributed by atoms with Gasteiger partial charge in [0.05, 0.1) is 19.3 Å². The standard InChI is InChI=1S/C25H31NO5/c1-24(2,3)31-23(28)26-13-12-25(17-26)16-21(27)20-10-9-19(15-22(20)30-25)29-14-11-18-7-5-4-6-8-18/h4-10,15,21,27H,11-14,16-17H2,1-3H3/t21-,25-/m0/s1. The van der Waals surface area contributed by atoms with Crippen molar-refractivity contribution < 1.29 is 24.1 Å². The van der Waals surface area contributed by atoms with E-state index < -0.39 is 17.3 Å². The van der Waals surface area contributed by atoms with E-state index in [1.165, 1.54) is 5.56 Å². The van der Waals surface area contributed by atoms with Crippen LogP contribution < -0.4 is 9.47 Å². The number of likely N-dealkylation sites (tertiary alicyclic amines) is 1. The van der Waals surface area contributed by atoms with E-state index in [9.17, 15) is 9.90 Å². The summed E-state index contributed by atoms with van der Waals surface area (Å²) in [7, 11) is 0. The van der Waals surface area contributed by atoms with Crippen LogP contribution in [0.5, 0.6) is 11.5 Å². The number of aliphatic hydroxyl groups excluding tert-OH is 1. The summed E-state index contributed by atoms with van der Waals surface area (Å²) in [5.41, 5.74) is 0.834. The van der Waals surface area contributed by atoms with E-state index >= 15 is 0 Å². The Morgan fingerprint density at radius 3 is 2.74 bits per heavy atom. The van der Waals surface area contributed by atoms with Gasteiger partial charge in [0.1, 0.15) is 22.7 Å². The Balaban J connectivity index is 1.41. The zero-order valence-corrected chi connectivity index (χ0v) is 18.5. The average molecular weight is 426 g/mol. The third kappa shape index (κ3) is 5.13. The highest BCUT2D eigenvalue weighted by Crippen LogP contribution is 2.45. The molecule has 2 aromatic rings. The predicted octanol–water partition coefficient (Wildman–Crippen LogP) is 4.50. The molecule has 31 heavy (non-hydrogen) atoms. The van der Waals surface area contributed by atoms with E-state index in [0.717, 1.165) is 12.0 Å². The molecule has 0 aliphatic carbocycles. The summed E-state index contributed by atoms with van der Waals surface area (Å²) in [6.07, 6.45) is 0.942. The molecule has 1 spiro atoms. The van der Waals surface area contributed by atoms with Crippen LogP contribution in [0.2, 0.25) is 0 Å². The fourth-order valence-corrected chi connectivity index (χ4v) is 4.21. The molecule has 2 aliphatic heterocycles. The molecule has 1 saturated heterocycles. The minimum atomic E-state index is -0.638. The molecule has 0 saturated carbocycles. The molecule has 2 aromatic carbocycles. The van der Waals surface area contributed by atoms with E-state index in [4.69, 9.17) is 14.2 Å². The number of hydrogen-bond acceptors (Lipinski definition) is 5. The Bertz CT molecular complexity index is 923. The largest absolute Gasteiger partial charge is 0.493 e. The van der Waals surface area contributed by atoms with Crippen LogP contribution >= 0.6 is 0 Å². The third-order valence-corrected chi connectivity index (χ3v) is 5.71. The van der Waals surface area contributed by atoms with Gasteiger partial charge >= 0.3 is 6.09 Å². The number of carbonyl (C=O) groups excluding carboxylic acids is 1. The first-order chi connectivity index (χ1) is 14.7. The van der Waals surface area contributed by atoms with Crippen LogP contribution in [-0.2, 0) is 11.2 Å². The minimum Gasteiger partial charge on any atom is -0.493 e. The minimum absolute atomic E-state index is 0.341. The van der Waals surface area contributed by atoms with E-state index in [1.807, 2.05) is 57.2 Å². The van der Waals surface area contributed by atoms with Gasteiger partial charge in [-0.15, -0.1) is 0 Å². The first kappa shape index (κ1) is 21.5. The third-order valence-electron chi connectivity index (χ3n) is 5.71. The van der Waals surface area contributed by atoms with E-state index in [1.54, 1.807) is 4.90 Å². The number of rotatable bonds is 4. The molecule has 4 rings (SSSR count). The first-order valence-corrected chi connectivity index (χ1v) is 10.9. The van der Waals surface area contributed by atoms with Crippen molar-refractivity contribution in [3.8, 4) is 11.5 Å². The maximum absolute atomic E-state index is 12.5. The topological polar surface area (TPSA) is 68.2 Å². The molecule has 2 heterocycles. The highest BCUT2D eigenvalue weighted by Gasteiger charge is 2.47. The van der Waals surface area contributed by atoms with Crippen LogP contribution in [0.1, 0.15) is 50.8 Å². The van der Waals surface area contributed by atoms with Crippen molar-refractivity contribution in [3.63, 3.8) is 0 Å². The van der Waals surface area contributed by atoms with Gasteiger partial charge in [-0.3, -0.25) is 0 Å². The van der Waals surface area contributed by atoms with Gasteiger partial charge in [0.15, 0.2) is 0 Å². The molecule has 166 valence electrons. The average Bonchev–Trinajstić information content (AvgIpc) is 3.10. The quantitative estimate of drug-likeness (QED) is 0.781. The Labute approximate surface area is 183 Å². The highest BCUT2D eigenvalue weighted by atomic mass is 16.6. The van der Waals surface area contributed by atoms with Gasteiger partial charge in [-0.25, -0.2) is 4.79 Å². The van der Waals surface area contributed by atoms with Gasteiger partial charge in [0, 0.05) is 37.4 Å². The summed E-state index contributed by atoms with van der Waals surface area (Å²) in [5, 5.41) is 10.8. The van der Waals surface area contributed by atoms with E-state index in [0.29, 0.717) is 44.0 Å². The van der Waals surface area contributed by atoms with Gasteiger partial charge in [-0.1, -0.05) is 30.3 Å². The van der Waals surface area contributed by atoms with Gasteiger partial charge in [-0.05, 0) is 38.5 Å². The number of benzene rings is 2. The summed E-state index contributed by atoms with van der Waals surface area (Å²) in [4.78, 5) is 14.1. The van der Waals surface area contributed by atoms with Crippen LogP contribution in [0.3, 0.4) is 0 Å². The summed E-state index contributed by atoms with van der Waals surface area (Å²) in [6, 6.07) is 15.8. The Kier molecular flexibility index (Phi) is 5.84. The van der Waals surface area contributed by atoms with Crippen LogP contribution in [0.25, 0.3) is 0 Å². The molecule has 0 unspecified atom stereocenters. The molecule has 1 amide bonds. The maximum atomic E-state index is 12.5. The molecule has 6 nitrogen and oxygen atoms in total. The molecular weight excluding hydrogens is 394 g/mol. The Morgan fingerprint density at radius 2 is 2.00 bits per heavy atom. The van der Waals surface area contributed by atoms with Crippen LogP contribution in [0.15, 0.2) is 48.5 Å². The fourth-order valence-electron chi connectivity index (χ4n) is 4.21. The Hall–Kier alpha value is -2.73. The summed E-state index contributed by atoms with van der Waals surface area (Å²) < 4.78 is 17.8. The lowest BCUT2D eigenvalue weighted by Gasteiger charge is -2.38. The van der Waals surface area contributed by atoms with Crippen molar-refractivity contribution >= 4 is 6.09 Å². The number of amides is 1. The lowest BCUT2D eigenvalue weighted by atomic mass is 9.88. The number of ether oxygens (including phenoxy) is 3. The van der Waals surface area contributed by atoms with Crippen LogP contribution in [-0.4, -0.2) is 47.0 Å². The maximum Gasteiger partial charge on any atom is 0.410 e. The molecule has 2 aliphatic rings. The molecule has 1 fully saturated rings. The second-order valence-electron chi connectivity index (χ2n) is 9.44. The summed E-state index contributed by atoms with van der Waals surface area (Å²) in [6.45, 7) is 7.07. The van der Waals surface area contributed by atoms with Crippen LogP contribution in [0, 0.1) is 0 Å². The van der Waals surface area contributed by atoms with Gasteiger partial charge in [-0.2, -0.15) is 0 Å². The predicted molar refractivity (Wildman–Crippen MR) is 117 cm³/mol. The first-order valence-electron chi connectivity index (χ1n) is 10.9. The molecule has 0 aromatic heterocycles. The molecule has 0 bridgehead atoms. The number of hydrogen-bond donors (Lipinski definition) is 1. The number of fused-ring (bicyclic) bond motifs is 1. The van der Waals surface area contributed by atoms with E-state index in [-0.39, 0.29) is 6.09 Å². The number of aliphatic hydroxyl groups is 1. The second-order valence-corrected chi connectivity index (χ2v) is 9.44. The van der Waals surface area contributed by atoms with Gasteiger partial charge < -0.3 is 24.2 Å². The van der Waals surface area contributed by atoms with E-state index in [2.05, 4.69) is 12.1 Å². The molecular formula is C25H31NO5. The summed E-state index contributed by atoms with van der Waals surface area (Å²) in [5.74, 6) is 1.34. The fraction of sp³-hybridized carbons (Fsp3) is 0.480. The zero-order valence-electron chi connectivity index (χ0n) is 18.5. The smallest absolute Gasteiger partial charge is 0.410 e.